The van der Waals surface area contributed by atoms with E-state index in [2.05, 4.69) is 18.7 Å². The molecule has 1 heterocycles. The number of hydrogen-bond donors (Lipinski definition) is 0. The molecule has 4 aliphatic carbocycles. The number of piperidine rings is 1. The maximum absolute atomic E-state index is 12.1. The third-order valence-corrected chi connectivity index (χ3v) is 11.2. The summed E-state index contributed by atoms with van der Waals surface area (Å²) in [4.78, 5) is 27.0. The summed E-state index contributed by atoms with van der Waals surface area (Å²) in [5.41, 5.74) is 0.133. The van der Waals surface area contributed by atoms with Crippen LogP contribution in [0.15, 0.2) is 0 Å². The summed E-state index contributed by atoms with van der Waals surface area (Å²) in [6.07, 6.45) is 14.7. The van der Waals surface area contributed by atoms with E-state index in [0.717, 1.165) is 30.7 Å². The zero-order valence-corrected chi connectivity index (χ0v) is 21.4. The van der Waals surface area contributed by atoms with E-state index >= 15 is 0 Å². The smallest absolute Gasteiger partial charge is 0.305 e. The van der Waals surface area contributed by atoms with Crippen LogP contribution in [-0.2, 0) is 19.1 Å². The van der Waals surface area contributed by atoms with E-state index in [9.17, 15) is 9.59 Å². The number of esters is 2. The minimum Gasteiger partial charge on any atom is -0.422 e. The highest BCUT2D eigenvalue weighted by Crippen LogP contribution is 2.69. The van der Waals surface area contributed by atoms with Crippen LogP contribution < -0.4 is 0 Å². The van der Waals surface area contributed by atoms with Gasteiger partial charge in [-0.2, -0.15) is 0 Å². The van der Waals surface area contributed by atoms with Gasteiger partial charge in [0.2, 0.25) is 0 Å². The fourth-order valence-corrected chi connectivity index (χ4v) is 9.70. The van der Waals surface area contributed by atoms with Gasteiger partial charge in [-0.3, -0.25) is 9.59 Å². The number of rotatable bonds is 3. The van der Waals surface area contributed by atoms with Crippen molar-refractivity contribution < 1.29 is 19.1 Å². The molecule has 5 rings (SSSR count). The summed E-state index contributed by atoms with van der Waals surface area (Å²) in [5, 5.41) is 0. The van der Waals surface area contributed by atoms with Crippen LogP contribution in [0, 0.1) is 34.5 Å². The molecule has 7 atom stereocenters. The minimum absolute atomic E-state index is 0.282. The average Bonchev–Trinajstić information content (AvgIpc) is 3.04. The maximum atomic E-state index is 12.1. The number of carbonyl (C=O) groups excluding carboxylic acids is 2. The van der Waals surface area contributed by atoms with Crippen LogP contribution in [0.3, 0.4) is 0 Å². The van der Waals surface area contributed by atoms with E-state index in [0.29, 0.717) is 23.7 Å². The van der Waals surface area contributed by atoms with Crippen LogP contribution in [0.1, 0.15) is 105 Å². The Morgan fingerprint density at radius 1 is 0.788 bits per heavy atom. The normalized spacial score (nSPS) is 44.8. The Kier molecular flexibility index (Phi) is 6.11. The Balaban J connectivity index is 1.40. The van der Waals surface area contributed by atoms with E-state index in [1.54, 1.807) is 0 Å². The second-order valence-electron chi connectivity index (χ2n) is 12.6. The molecular weight excluding hydrogens is 414 g/mol. The van der Waals surface area contributed by atoms with Gasteiger partial charge in [-0.15, -0.1) is 0 Å². The first-order chi connectivity index (χ1) is 15.7. The first kappa shape index (κ1) is 23.6. The highest BCUT2D eigenvalue weighted by molar-refractivity contribution is 5.69. The molecule has 5 fully saturated rings. The van der Waals surface area contributed by atoms with Gasteiger partial charge in [0, 0.05) is 31.7 Å². The van der Waals surface area contributed by atoms with E-state index in [1.807, 2.05) is 0 Å². The Hall–Kier alpha value is -1.10. The van der Waals surface area contributed by atoms with Crippen LogP contribution in [0.2, 0.25) is 0 Å². The largest absolute Gasteiger partial charge is 0.422 e. The number of likely N-dealkylation sites (tertiary alicyclic amines) is 1. The number of fused-ring (bicyclic) bond motifs is 5. The number of carbonyl (C=O) groups is 2. The van der Waals surface area contributed by atoms with Crippen molar-refractivity contribution in [3.05, 3.63) is 0 Å². The number of hydrogen-bond acceptors (Lipinski definition) is 5. The molecule has 0 bridgehead atoms. The molecule has 0 radical (unpaired) electrons. The first-order valence-corrected chi connectivity index (χ1v) is 13.8. The number of nitrogens with zero attached hydrogens (tertiary/aromatic N) is 1. The van der Waals surface area contributed by atoms with Crippen molar-refractivity contribution in [2.45, 2.75) is 117 Å². The summed E-state index contributed by atoms with van der Waals surface area (Å²) in [7, 11) is 0. The Bertz CT molecular complexity index is 760. The molecular formula is C28H45NO4. The molecule has 5 aliphatic rings. The standard InChI is InChI=1S/C28H45NO4/c1-19(30)32-28(33-20(2)31)15-13-25-23-11-9-21-8-10-22(29-16-6-5-7-17-29)18-26(21,3)24(23)12-14-27(25,28)4/h21-25H,5-18H2,1-4H3/t21?,22?,23-,24-,25+,26+,27+/m1/s1. The minimum atomic E-state index is -1.08. The fraction of sp³-hybridized carbons (Fsp3) is 0.929. The molecule has 0 spiro atoms. The van der Waals surface area contributed by atoms with Gasteiger partial charge in [-0.25, -0.2) is 0 Å². The van der Waals surface area contributed by atoms with Crippen LogP contribution in [0.5, 0.6) is 0 Å². The molecule has 5 heteroatoms. The van der Waals surface area contributed by atoms with Crippen molar-refractivity contribution in [2.75, 3.05) is 13.1 Å². The van der Waals surface area contributed by atoms with Crippen LogP contribution in [-0.4, -0.2) is 41.8 Å². The predicted octanol–water partition coefficient (Wildman–Crippen LogP) is 5.71. The van der Waals surface area contributed by atoms with Gasteiger partial charge in [-0.05, 0) is 106 Å². The van der Waals surface area contributed by atoms with Crippen LogP contribution in [0.4, 0.5) is 0 Å². The lowest BCUT2D eigenvalue weighted by atomic mass is 9.44. The van der Waals surface area contributed by atoms with E-state index in [-0.39, 0.29) is 17.4 Å². The molecule has 0 N–H and O–H groups in total. The van der Waals surface area contributed by atoms with Crippen molar-refractivity contribution in [1.82, 2.24) is 4.90 Å². The van der Waals surface area contributed by atoms with E-state index in [4.69, 9.17) is 9.47 Å². The second kappa shape index (κ2) is 8.53. The topological polar surface area (TPSA) is 55.8 Å². The predicted molar refractivity (Wildman–Crippen MR) is 127 cm³/mol. The monoisotopic (exact) mass is 459 g/mol. The lowest BCUT2D eigenvalue weighted by Gasteiger charge is -2.62. The van der Waals surface area contributed by atoms with Gasteiger partial charge in [0.15, 0.2) is 0 Å². The summed E-state index contributed by atoms with van der Waals surface area (Å²) >= 11 is 0. The molecule has 0 aromatic rings. The molecule has 1 saturated heterocycles. The SMILES string of the molecule is CC(=O)OC1(OC(C)=O)CC[C@H]2[C@@H]3CCC4CCC(N5CCCCC5)C[C@]4(C)[C@@H]3CC[C@@]21C. The first-order valence-electron chi connectivity index (χ1n) is 13.8. The van der Waals surface area contributed by atoms with Crippen LogP contribution >= 0.6 is 0 Å². The third-order valence-electron chi connectivity index (χ3n) is 11.2. The van der Waals surface area contributed by atoms with Crippen molar-refractivity contribution in [1.29, 1.82) is 0 Å². The molecule has 1 aliphatic heterocycles. The Labute approximate surface area is 200 Å². The zero-order valence-electron chi connectivity index (χ0n) is 21.4. The van der Waals surface area contributed by atoms with E-state index in [1.165, 1.54) is 84.7 Å². The molecule has 0 amide bonds. The lowest BCUT2D eigenvalue weighted by Crippen LogP contribution is -2.59. The highest BCUT2D eigenvalue weighted by atomic mass is 16.7. The fourth-order valence-electron chi connectivity index (χ4n) is 9.70. The summed E-state index contributed by atoms with van der Waals surface area (Å²) < 4.78 is 11.8. The molecule has 0 aromatic heterocycles. The van der Waals surface area contributed by atoms with Gasteiger partial charge in [0.1, 0.15) is 0 Å². The third kappa shape index (κ3) is 3.76. The maximum Gasteiger partial charge on any atom is 0.305 e. The van der Waals surface area contributed by atoms with Gasteiger partial charge in [0.25, 0.3) is 5.79 Å². The van der Waals surface area contributed by atoms with Crippen molar-refractivity contribution in [2.24, 2.45) is 34.5 Å². The van der Waals surface area contributed by atoms with Gasteiger partial charge in [-0.1, -0.05) is 20.3 Å². The Morgan fingerprint density at radius 2 is 1.42 bits per heavy atom. The molecule has 33 heavy (non-hydrogen) atoms. The molecule has 186 valence electrons. The Morgan fingerprint density at radius 3 is 2.09 bits per heavy atom. The second-order valence-corrected chi connectivity index (χ2v) is 12.6. The van der Waals surface area contributed by atoms with Crippen molar-refractivity contribution in [3.8, 4) is 0 Å². The summed E-state index contributed by atoms with van der Waals surface area (Å²) in [5.74, 6) is 0.951. The quantitative estimate of drug-likeness (QED) is 0.400. The molecule has 4 saturated carbocycles. The average molecular weight is 460 g/mol. The molecule has 0 aromatic carbocycles. The summed E-state index contributed by atoms with van der Waals surface area (Å²) in [6, 6.07) is 0.767. The number of ether oxygens (including phenoxy) is 2. The zero-order chi connectivity index (χ0) is 23.4. The van der Waals surface area contributed by atoms with Gasteiger partial charge >= 0.3 is 11.9 Å². The summed E-state index contributed by atoms with van der Waals surface area (Å²) in [6.45, 7) is 10.4. The van der Waals surface area contributed by atoms with Crippen molar-refractivity contribution >= 4 is 11.9 Å². The van der Waals surface area contributed by atoms with Gasteiger partial charge in [0.05, 0.1) is 0 Å². The van der Waals surface area contributed by atoms with Gasteiger partial charge < -0.3 is 14.4 Å². The molecule has 5 nitrogen and oxygen atoms in total. The highest BCUT2D eigenvalue weighted by Gasteiger charge is 2.68. The van der Waals surface area contributed by atoms with E-state index < -0.39 is 5.79 Å². The van der Waals surface area contributed by atoms with Crippen molar-refractivity contribution in [3.63, 3.8) is 0 Å². The lowest BCUT2D eigenvalue weighted by molar-refractivity contribution is -0.276. The van der Waals surface area contributed by atoms with Crippen LogP contribution in [0.25, 0.3) is 0 Å². The molecule has 2 unspecified atom stereocenters.